The SMILES string of the molecule is C=C=C1[C@@H](CCc2cccc3ccccc23)CCCN1[C@@H](C)c1ccccc1. The van der Waals surface area contributed by atoms with E-state index < -0.39 is 0 Å². The summed E-state index contributed by atoms with van der Waals surface area (Å²) in [7, 11) is 0. The van der Waals surface area contributed by atoms with Crippen molar-refractivity contribution in [2.24, 2.45) is 5.92 Å². The zero-order valence-electron chi connectivity index (χ0n) is 16.8. The highest BCUT2D eigenvalue weighted by molar-refractivity contribution is 5.85. The highest BCUT2D eigenvalue weighted by atomic mass is 15.2. The van der Waals surface area contributed by atoms with Gasteiger partial charge in [-0.3, -0.25) is 0 Å². The molecule has 4 rings (SSSR count). The van der Waals surface area contributed by atoms with Crippen molar-refractivity contribution in [3.05, 3.63) is 102 Å². The number of piperidine rings is 1. The summed E-state index contributed by atoms with van der Waals surface area (Å²) in [5, 5.41) is 2.72. The Labute approximate surface area is 169 Å². The molecule has 1 heterocycles. The Morgan fingerprint density at radius 3 is 2.57 bits per heavy atom. The van der Waals surface area contributed by atoms with Gasteiger partial charge in [-0.25, -0.2) is 0 Å². The molecular weight excluding hydrogens is 338 g/mol. The Kier molecular flexibility index (Phi) is 5.65. The second-order valence-corrected chi connectivity index (χ2v) is 7.86. The lowest BCUT2D eigenvalue weighted by Gasteiger charge is -2.40. The third-order valence-corrected chi connectivity index (χ3v) is 6.22. The van der Waals surface area contributed by atoms with Crippen LogP contribution in [0.4, 0.5) is 0 Å². The molecule has 0 N–H and O–H groups in total. The molecule has 3 aromatic rings. The molecule has 1 aliphatic heterocycles. The van der Waals surface area contributed by atoms with Gasteiger partial charge in [-0.1, -0.05) is 79.4 Å². The summed E-state index contributed by atoms with van der Waals surface area (Å²) in [6.45, 7) is 7.46. The molecule has 0 radical (unpaired) electrons. The average molecular weight is 368 g/mol. The molecular formula is C27H29N. The van der Waals surface area contributed by atoms with E-state index in [4.69, 9.17) is 0 Å². The van der Waals surface area contributed by atoms with Gasteiger partial charge < -0.3 is 4.90 Å². The molecule has 0 aromatic heterocycles. The third kappa shape index (κ3) is 3.77. The molecule has 0 amide bonds. The van der Waals surface area contributed by atoms with Crippen LogP contribution in [-0.2, 0) is 6.42 Å². The van der Waals surface area contributed by atoms with Gasteiger partial charge in [0.25, 0.3) is 0 Å². The van der Waals surface area contributed by atoms with Crippen molar-refractivity contribution in [2.75, 3.05) is 6.54 Å². The minimum absolute atomic E-state index is 0.366. The van der Waals surface area contributed by atoms with Gasteiger partial charge in [0, 0.05) is 12.5 Å². The van der Waals surface area contributed by atoms with E-state index in [1.165, 1.54) is 40.4 Å². The van der Waals surface area contributed by atoms with Crippen LogP contribution in [-0.4, -0.2) is 11.4 Å². The summed E-state index contributed by atoms with van der Waals surface area (Å²) < 4.78 is 0. The van der Waals surface area contributed by atoms with Crippen LogP contribution >= 0.6 is 0 Å². The maximum atomic E-state index is 4.06. The Bertz CT molecular complexity index is 976. The van der Waals surface area contributed by atoms with Gasteiger partial charge in [-0.15, -0.1) is 5.73 Å². The summed E-state index contributed by atoms with van der Waals surface area (Å²) in [5.74, 6) is 0.538. The van der Waals surface area contributed by atoms with E-state index in [9.17, 15) is 0 Å². The molecule has 0 bridgehead atoms. The van der Waals surface area contributed by atoms with Gasteiger partial charge in [-0.2, -0.15) is 0 Å². The number of fused-ring (bicyclic) bond motifs is 1. The molecule has 142 valence electrons. The molecule has 0 unspecified atom stereocenters. The number of rotatable bonds is 5. The fraction of sp³-hybridized carbons (Fsp3) is 0.296. The van der Waals surface area contributed by atoms with Crippen LogP contribution in [0.5, 0.6) is 0 Å². The third-order valence-electron chi connectivity index (χ3n) is 6.22. The van der Waals surface area contributed by atoms with Crippen molar-refractivity contribution in [1.82, 2.24) is 4.90 Å². The fourth-order valence-corrected chi connectivity index (χ4v) is 4.68. The molecule has 0 saturated carbocycles. The van der Waals surface area contributed by atoms with Crippen LogP contribution in [0, 0.1) is 5.92 Å². The Hall–Kier alpha value is -2.76. The lowest BCUT2D eigenvalue weighted by atomic mass is 9.86. The van der Waals surface area contributed by atoms with Crippen LogP contribution in [0.2, 0.25) is 0 Å². The number of allylic oxidation sites excluding steroid dienone is 1. The summed E-state index contributed by atoms with van der Waals surface area (Å²) in [4.78, 5) is 2.53. The van der Waals surface area contributed by atoms with E-state index in [0.717, 1.165) is 19.4 Å². The first-order valence-corrected chi connectivity index (χ1v) is 10.5. The fourth-order valence-electron chi connectivity index (χ4n) is 4.68. The van der Waals surface area contributed by atoms with Crippen molar-refractivity contribution in [3.8, 4) is 0 Å². The minimum atomic E-state index is 0.366. The predicted octanol–water partition coefficient (Wildman–Crippen LogP) is 6.91. The quantitative estimate of drug-likeness (QED) is 0.443. The van der Waals surface area contributed by atoms with Crippen LogP contribution in [0.15, 0.2) is 90.8 Å². The van der Waals surface area contributed by atoms with Crippen molar-refractivity contribution in [1.29, 1.82) is 0 Å². The number of likely N-dealkylation sites (tertiary alicyclic amines) is 1. The molecule has 1 heteroatoms. The molecule has 1 aliphatic rings. The zero-order chi connectivity index (χ0) is 19.3. The largest absolute Gasteiger partial charge is 0.362 e. The number of nitrogens with zero attached hydrogens (tertiary/aromatic N) is 1. The van der Waals surface area contributed by atoms with E-state index in [2.05, 4.69) is 96.9 Å². The van der Waals surface area contributed by atoms with Gasteiger partial charge in [-0.05, 0) is 54.5 Å². The van der Waals surface area contributed by atoms with E-state index >= 15 is 0 Å². The maximum Gasteiger partial charge on any atom is 0.0594 e. The van der Waals surface area contributed by atoms with Gasteiger partial charge in [0.15, 0.2) is 0 Å². The number of hydrogen-bond donors (Lipinski definition) is 0. The number of benzene rings is 3. The van der Waals surface area contributed by atoms with Gasteiger partial charge in [0.05, 0.1) is 11.7 Å². The van der Waals surface area contributed by atoms with Crippen LogP contribution < -0.4 is 0 Å². The molecule has 1 fully saturated rings. The average Bonchev–Trinajstić information content (AvgIpc) is 2.77. The van der Waals surface area contributed by atoms with Crippen LogP contribution in [0.1, 0.15) is 43.4 Å². The first kappa shape index (κ1) is 18.6. The van der Waals surface area contributed by atoms with Crippen molar-refractivity contribution < 1.29 is 0 Å². The minimum Gasteiger partial charge on any atom is -0.362 e. The topological polar surface area (TPSA) is 3.24 Å². The molecule has 28 heavy (non-hydrogen) atoms. The Morgan fingerprint density at radius 1 is 1.00 bits per heavy atom. The van der Waals surface area contributed by atoms with E-state index in [-0.39, 0.29) is 0 Å². The molecule has 0 spiro atoms. The monoisotopic (exact) mass is 367 g/mol. The zero-order valence-corrected chi connectivity index (χ0v) is 16.8. The molecule has 1 nitrogen and oxygen atoms in total. The summed E-state index contributed by atoms with van der Waals surface area (Å²) in [5.41, 5.74) is 7.45. The van der Waals surface area contributed by atoms with Gasteiger partial charge >= 0.3 is 0 Å². The molecule has 3 aromatic carbocycles. The Morgan fingerprint density at radius 2 is 1.75 bits per heavy atom. The highest BCUT2D eigenvalue weighted by Gasteiger charge is 2.28. The maximum absolute atomic E-state index is 4.06. The summed E-state index contributed by atoms with van der Waals surface area (Å²) >= 11 is 0. The van der Waals surface area contributed by atoms with Crippen molar-refractivity contribution in [3.63, 3.8) is 0 Å². The van der Waals surface area contributed by atoms with Gasteiger partial charge in [0.2, 0.25) is 0 Å². The number of hydrogen-bond acceptors (Lipinski definition) is 1. The first-order valence-electron chi connectivity index (χ1n) is 10.5. The van der Waals surface area contributed by atoms with Crippen molar-refractivity contribution >= 4 is 10.8 Å². The van der Waals surface area contributed by atoms with Crippen LogP contribution in [0.25, 0.3) is 10.8 Å². The normalized spacial score (nSPS) is 18.1. The Balaban J connectivity index is 1.52. The lowest BCUT2D eigenvalue weighted by Crippen LogP contribution is -2.35. The standard InChI is InChI=1S/C27H29N/c1-3-27-25(16-10-20-28(27)21(2)22-11-5-4-6-12-22)19-18-24-15-9-14-23-13-7-8-17-26(23)24/h4-9,11-15,17,21,25H,1,10,16,18-20H2,2H3/t21-,25+/m0/s1. The smallest absolute Gasteiger partial charge is 0.0594 e. The molecule has 0 aliphatic carbocycles. The number of aryl methyl sites for hydroxylation is 1. The van der Waals surface area contributed by atoms with E-state index in [0.29, 0.717) is 12.0 Å². The van der Waals surface area contributed by atoms with Crippen molar-refractivity contribution in [2.45, 2.75) is 38.6 Å². The molecule has 2 atom stereocenters. The lowest BCUT2D eigenvalue weighted by molar-refractivity contribution is 0.189. The summed E-state index contributed by atoms with van der Waals surface area (Å²) in [6, 6.07) is 26.6. The van der Waals surface area contributed by atoms with Gasteiger partial charge in [0.1, 0.15) is 0 Å². The van der Waals surface area contributed by atoms with Crippen LogP contribution in [0.3, 0.4) is 0 Å². The van der Waals surface area contributed by atoms with E-state index in [1.54, 1.807) is 0 Å². The first-order chi connectivity index (χ1) is 13.8. The second kappa shape index (κ2) is 8.50. The molecule has 1 saturated heterocycles. The predicted molar refractivity (Wildman–Crippen MR) is 119 cm³/mol. The summed E-state index contributed by atoms with van der Waals surface area (Å²) in [6.07, 6.45) is 4.73. The van der Waals surface area contributed by atoms with E-state index in [1.807, 2.05) is 0 Å². The second-order valence-electron chi connectivity index (χ2n) is 7.86. The highest BCUT2D eigenvalue weighted by Crippen LogP contribution is 2.36.